The molecule has 1 aliphatic rings. The van der Waals surface area contributed by atoms with Gasteiger partial charge in [0, 0.05) is 15.6 Å². The number of rotatable bonds is 8. The van der Waals surface area contributed by atoms with Crippen molar-refractivity contribution in [3.05, 3.63) is 84.9 Å². The lowest BCUT2D eigenvalue weighted by molar-refractivity contribution is -0.122. The third kappa shape index (κ3) is 6.06. The standard InChI is InChI=1S/C27H21Cl2IN2O6/c1-3-37-23-12-15(11-22(30)24(23)38-14-16-4-5-17(28)13-21(16)29)10-20-25(33)31-27(35)32(26(20)34)18-6-8-19(36-2)9-7-18/h4-13H,3,14H2,1-2H3,(H,31,33,35)/b20-10+. The molecule has 0 atom stereocenters. The van der Waals surface area contributed by atoms with Crippen LogP contribution in [-0.2, 0) is 16.2 Å². The van der Waals surface area contributed by atoms with Crippen LogP contribution >= 0.6 is 45.8 Å². The zero-order chi connectivity index (χ0) is 27.4. The summed E-state index contributed by atoms with van der Waals surface area (Å²) in [6.07, 6.45) is 1.41. The minimum absolute atomic E-state index is 0.173. The van der Waals surface area contributed by atoms with Crippen LogP contribution in [0.15, 0.2) is 60.2 Å². The number of halogens is 3. The number of urea groups is 1. The van der Waals surface area contributed by atoms with E-state index in [1.807, 2.05) is 6.92 Å². The number of benzene rings is 3. The molecule has 0 radical (unpaired) electrons. The second kappa shape index (κ2) is 12.1. The largest absolute Gasteiger partial charge is 0.497 e. The zero-order valence-electron chi connectivity index (χ0n) is 20.2. The second-order valence-corrected chi connectivity index (χ2v) is 9.95. The van der Waals surface area contributed by atoms with Crippen molar-refractivity contribution in [2.24, 2.45) is 0 Å². The van der Waals surface area contributed by atoms with E-state index in [-0.39, 0.29) is 12.2 Å². The molecular weight excluding hydrogens is 646 g/mol. The zero-order valence-corrected chi connectivity index (χ0v) is 23.9. The van der Waals surface area contributed by atoms with Gasteiger partial charge in [0.2, 0.25) is 0 Å². The molecule has 1 fully saturated rings. The summed E-state index contributed by atoms with van der Waals surface area (Å²) in [6, 6.07) is 14.0. The van der Waals surface area contributed by atoms with E-state index in [1.165, 1.54) is 13.2 Å². The van der Waals surface area contributed by atoms with Crippen LogP contribution in [0.5, 0.6) is 17.2 Å². The van der Waals surface area contributed by atoms with Crippen LogP contribution in [0.2, 0.25) is 10.0 Å². The van der Waals surface area contributed by atoms with Gasteiger partial charge in [-0.3, -0.25) is 14.9 Å². The predicted molar refractivity (Wildman–Crippen MR) is 153 cm³/mol. The minimum Gasteiger partial charge on any atom is -0.497 e. The molecule has 196 valence electrons. The minimum atomic E-state index is -0.837. The number of imide groups is 2. The Morgan fingerprint density at radius 1 is 1.00 bits per heavy atom. The Bertz CT molecular complexity index is 1440. The molecule has 38 heavy (non-hydrogen) atoms. The molecule has 0 aromatic heterocycles. The molecule has 4 amide bonds. The van der Waals surface area contributed by atoms with Gasteiger partial charge in [-0.1, -0.05) is 29.3 Å². The lowest BCUT2D eigenvalue weighted by Crippen LogP contribution is -2.54. The molecule has 11 heteroatoms. The monoisotopic (exact) mass is 666 g/mol. The van der Waals surface area contributed by atoms with Gasteiger partial charge in [-0.25, -0.2) is 9.69 Å². The van der Waals surface area contributed by atoms with Gasteiger partial charge >= 0.3 is 6.03 Å². The third-order valence-corrected chi connectivity index (χ3v) is 6.85. The molecule has 1 aliphatic heterocycles. The van der Waals surface area contributed by atoms with E-state index >= 15 is 0 Å². The Morgan fingerprint density at radius 2 is 1.74 bits per heavy atom. The normalized spacial score (nSPS) is 14.5. The summed E-state index contributed by atoms with van der Waals surface area (Å²) in [5.74, 6) is -0.0904. The van der Waals surface area contributed by atoms with Crippen molar-refractivity contribution in [2.45, 2.75) is 13.5 Å². The Hall–Kier alpha value is -3.28. The molecule has 1 N–H and O–H groups in total. The summed E-state index contributed by atoms with van der Waals surface area (Å²) in [4.78, 5) is 39.3. The first-order valence-electron chi connectivity index (χ1n) is 11.3. The maximum absolute atomic E-state index is 13.2. The molecule has 0 aliphatic carbocycles. The van der Waals surface area contributed by atoms with Crippen molar-refractivity contribution in [1.29, 1.82) is 0 Å². The van der Waals surface area contributed by atoms with E-state index in [2.05, 4.69) is 27.9 Å². The fourth-order valence-electron chi connectivity index (χ4n) is 3.65. The number of nitrogens with one attached hydrogen (secondary N) is 1. The summed E-state index contributed by atoms with van der Waals surface area (Å²) in [5.41, 5.74) is 1.34. The summed E-state index contributed by atoms with van der Waals surface area (Å²) < 4.78 is 17.6. The molecule has 1 heterocycles. The van der Waals surface area contributed by atoms with Crippen molar-refractivity contribution in [3.63, 3.8) is 0 Å². The average molecular weight is 667 g/mol. The number of carbonyl (C=O) groups is 3. The van der Waals surface area contributed by atoms with Crippen LogP contribution in [-0.4, -0.2) is 31.6 Å². The number of methoxy groups -OCH3 is 1. The fourth-order valence-corrected chi connectivity index (χ4v) is 4.90. The topological polar surface area (TPSA) is 94.2 Å². The van der Waals surface area contributed by atoms with Crippen molar-refractivity contribution in [3.8, 4) is 17.2 Å². The number of ether oxygens (including phenoxy) is 3. The first-order valence-corrected chi connectivity index (χ1v) is 13.1. The van der Waals surface area contributed by atoms with Gasteiger partial charge in [-0.2, -0.15) is 0 Å². The van der Waals surface area contributed by atoms with Gasteiger partial charge < -0.3 is 14.2 Å². The van der Waals surface area contributed by atoms with Crippen molar-refractivity contribution in [1.82, 2.24) is 5.32 Å². The van der Waals surface area contributed by atoms with Gasteiger partial charge in [-0.15, -0.1) is 0 Å². The Kier molecular flexibility index (Phi) is 8.80. The van der Waals surface area contributed by atoms with Crippen LogP contribution in [0, 0.1) is 3.57 Å². The second-order valence-electron chi connectivity index (χ2n) is 7.94. The van der Waals surface area contributed by atoms with Gasteiger partial charge in [0.25, 0.3) is 11.8 Å². The van der Waals surface area contributed by atoms with Gasteiger partial charge in [-0.05, 0) is 89.7 Å². The molecule has 0 spiro atoms. The highest BCUT2D eigenvalue weighted by Crippen LogP contribution is 2.36. The molecule has 8 nitrogen and oxygen atoms in total. The molecule has 3 aromatic carbocycles. The first-order chi connectivity index (χ1) is 18.2. The maximum Gasteiger partial charge on any atom is 0.335 e. The Labute approximate surface area is 242 Å². The van der Waals surface area contributed by atoms with Crippen LogP contribution in [0.4, 0.5) is 10.5 Å². The van der Waals surface area contributed by atoms with E-state index in [1.54, 1.807) is 54.6 Å². The molecule has 0 bridgehead atoms. The van der Waals surface area contributed by atoms with E-state index in [0.29, 0.717) is 48.7 Å². The van der Waals surface area contributed by atoms with Gasteiger partial charge in [0.05, 0.1) is 23.0 Å². The smallest absolute Gasteiger partial charge is 0.335 e. The highest BCUT2D eigenvalue weighted by molar-refractivity contribution is 14.1. The van der Waals surface area contributed by atoms with E-state index in [4.69, 9.17) is 37.4 Å². The third-order valence-electron chi connectivity index (χ3n) is 5.46. The quantitative estimate of drug-likeness (QED) is 0.174. The molecule has 1 saturated heterocycles. The summed E-state index contributed by atoms with van der Waals surface area (Å²) >= 11 is 14.3. The molecule has 0 unspecified atom stereocenters. The number of anilines is 1. The van der Waals surface area contributed by atoms with Crippen molar-refractivity contribution < 1.29 is 28.6 Å². The van der Waals surface area contributed by atoms with Crippen LogP contribution in [0.25, 0.3) is 6.08 Å². The Balaban J connectivity index is 1.65. The highest BCUT2D eigenvalue weighted by Gasteiger charge is 2.37. The number of hydrogen-bond acceptors (Lipinski definition) is 6. The van der Waals surface area contributed by atoms with Gasteiger partial charge in [0.1, 0.15) is 17.9 Å². The molecule has 0 saturated carbocycles. The number of hydrogen-bond donors (Lipinski definition) is 1. The molecule has 4 rings (SSSR count). The van der Waals surface area contributed by atoms with Crippen LogP contribution in [0.1, 0.15) is 18.1 Å². The molecule has 3 aromatic rings. The lowest BCUT2D eigenvalue weighted by Gasteiger charge is -2.26. The summed E-state index contributed by atoms with van der Waals surface area (Å²) in [6.45, 7) is 2.36. The fraction of sp³-hybridized carbons (Fsp3) is 0.148. The van der Waals surface area contributed by atoms with E-state index < -0.39 is 17.8 Å². The summed E-state index contributed by atoms with van der Waals surface area (Å²) in [7, 11) is 1.51. The van der Waals surface area contributed by atoms with E-state index in [9.17, 15) is 14.4 Å². The highest BCUT2D eigenvalue weighted by atomic mass is 127. The summed E-state index contributed by atoms with van der Waals surface area (Å²) in [5, 5.41) is 3.22. The first kappa shape index (κ1) is 27.7. The number of barbiturate groups is 1. The van der Waals surface area contributed by atoms with Crippen LogP contribution < -0.4 is 24.4 Å². The van der Waals surface area contributed by atoms with Crippen molar-refractivity contribution >= 4 is 75.4 Å². The number of carbonyl (C=O) groups excluding carboxylic acids is 3. The number of nitrogens with zero attached hydrogens (tertiary/aromatic N) is 1. The SMILES string of the molecule is CCOc1cc(/C=C2\C(=O)NC(=O)N(c3ccc(OC)cc3)C2=O)cc(I)c1OCc1ccc(Cl)cc1Cl. The lowest BCUT2D eigenvalue weighted by atomic mass is 10.1. The van der Waals surface area contributed by atoms with Crippen molar-refractivity contribution in [2.75, 3.05) is 18.6 Å². The predicted octanol–water partition coefficient (Wildman–Crippen LogP) is 6.25. The maximum atomic E-state index is 13.2. The van der Waals surface area contributed by atoms with Gasteiger partial charge in [0.15, 0.2) is 11.5 Å². The Morgan fingerprint density at radius 3 is 2.39 bits per heavy atom. The van der Waals surface area contributed by atoms with E-state index in [0.717, 1.165) is 10.5 Å². The average Bonchev–Trinajstić information content (AvgIpc) is 2.87. The van der Waals surface area contributed by atoms with Crippen LogP contribution in [0.3, 0.4) is 0 Å². The molecular formula is C27H21Cl2IN2O6. The number of amides is 4.